The molecule has 3 heterocycles. The van der Waals surface area contributed by atoms with Gasteiger partial charge < -0.3 is 10.2 Å². The van der Waals surface area contributed by atoms with E-state index in [-0.39, 0.29) is 17.2 Å². The molecule has 0 saturated carbocycles. The Morgan fingerprint density at radius 1 is 1.45 bits per heavy atom. The van der Waals surface area contributed by atoms with E-state index in [1.165, 1.54) is 6.08 Å². The highest BCUT2D eigenvalue weighted by Crippen LogP contribution is 2.28. The summed E-state index contributed by atoms with van der Waals surface area (Å²) < 4.78 is 0. The molecule has 1 aliphatic rings. The number of H-pyrrole nitrogens is 1. The lowest BCUT2D eigenvalue weighted by Gasteiger charge is -2.32. The molecule has 0 bridgehead atoms. The first-order valence-electron chi connectivity index (χ1n) is 6.83. The van der Waals surface area contributed by atoms with Gasteiger partial charge in [-0.1, -0.05) is 18.2 Å². The molecule has 0 radical (unpaired) electrons. The van der Waals surface area contributed by atoms with E-state index in [0.29, 0.717) is 28.5 Å². The van der Waals surface area contributed by atoms with Crippen molar-refractivity contribution in [2.75, 3.05) is 18.4 Å². The molecule has 22 heavy (non-hydrogen) atoms. The summed E-state index contributed by atoms with van der Waals surface area (Å²) in [6.45, 7) is 4.83. The molecule has 3 rings (SSSR count). The molecular weight excluding hydrogens is 327 g/mol. The van der Waals surface area contributed by atoms with Gasteiger partial charge in [-0.3, -0.25) is 9.89 Å². The van der Waals surface area contributed by atoms with Crippen LogP contribution < -0.4 is 5.32 Å². The maximum absolute atomic E-state index is 11.7. The van der Waals surface area contributed by atoms with Gasteiger partial charge in [0, 0.05) is 19.1 Å². The van der Waals surface area contributed by atoms with E-state index in [4.69, 9.17) is 23.2 Å². The number of nitrogens with zero attached hydrogens (tertiary/aromatic N) is 4. The Morgan fingerprint density at radius 3 is 3.05 bits per heavy atom. The quantitative estimate of drug-likeness (QED) is 0.661. The number of aromatic nitrogens is 4. The normalized spacial score (nSPS) is 18.5. The van der Waals surface area contributed by atoms with E-state index in [0.717, 1.165) is 19.4 Å². The first-order chi connectivity index (χ1) is 10.6. The van der Waals surface area contributed by atoms with E-state index >= 15 is 0 Å². The first kappa shape index (κ1) is 15.1. The number of fused-ring (bicyclic) bond motifs is 1. The minimum absolute atomic E-state index is 0.0535. The third kappa shape index (κ3) is 2.86. The zero-order chi connectivity index (χ0) is 15.7. The third-order valence-corrected chi connectivity index (χ3v) is 4.03. The molecule has 1 amide bonds. The molecule has 0 aromatic carbocycles. The van der Waals surface area contributed by atoms with Crippen molar-refractivity contribution in [2.45, 2.75) is 18.9 Å². The van der Waals surface area contributed by atoms with Gasteiger partial charge in [0.15, 0.2) is 5.65 Å². The van der Waals surface area contributed by atoms with Gasteiger partial charge >= 0.3 is 0 Å². The summed E-state index contributed by atoms with van der Waals surface area (Å²) in [5.74, 6) is 0.449. The highest BCUT2D eigenvalue weighted by molar-refractivity contribution is 6.35. The lowest BCUT2D eigenvalue weighted by Crippen LogP contribution is -2.44. The zero-order valence-electron chi connectivity index (χ0n) is 11.6. The van der Waals surface area contributed by atoms with Crippen molar-refractivity contribution >= 4 is 46.0 Å². The standard InChI is InChI=1S/C13H14Cl2N6O/c1-2-8(22)21-5-3-4-7(6-21)16-11-9-10(14)19-20-12(9)18-13(15)17-11/h2,7H,1,3-6H2,(H2,16,17,18,19,20). The lowest BCUT2D eigenvalue weighted by molar-refractivity contribution is -0.127. The van der Waals surface area contributed by atoms with Crippen molar-refractivity contribution < 1.29 is 4.79 Å². The Labute approximate surface area is 136 Å². The molecule has 116 valence electrons. The third-order valence-electron chi connectivity index (χ3n) is 3.59. The Morgan fingerprint density at radius 2 is 2.27 bits per heavy atom. The van der Waals surface area contributed by atoms with Gasteiger partial charge in [0.05, 0.1) is 0 Å². The van der Waals surface area contributed by atoms with Crippen LogP contribution in [-0.4, -0.2) is 50.1 Å². The fraction of sp³-hybridized carbons (Fsp3) is 0.385. The number of nitrogens with one attached hydrogen (secondary N) is 2. The van der Waals surface area contributed by atoms with E-state index in [9.17, 15) is 4.79 Å². The highest BCUT2D eigenvalue weighted by Gasteiger charge is 2.24. The van der Waals surface area contributed by atoms with Crippen molar-refractivity contribution in [3.63, 3.8) is 0 Å². The fourth-order valence-corrected chi connectivity index (χ4v) is 2.97. The molecule has 2 aromatic rings. The number of hydrogen-bond acceptors (Lipinski definition) is 5. The van der Waals surface area contributed by atoms with E-state index < -0.39 is 0 Å². The number of anilines is 1. The molecule has 1 saturated heterocycles. The maximum Gasteiger partial charge on any atom is 0.246 e. The predicted octanol–water partition coefficient (Wildman–Crippen LogP) is 2.25. The molecule has 1 unspecified atom stereocenters. The van der Waals surface area contributed by atoms with Crippen molar-refractivity contribution in [1.29, 1.82) is 0 Å². The van der Waals surface area contributed by atoms with Gasteiger partial charge in [-0.2, -0.15) is 15.1 Å². The number of likely N-dealkylation sites (tertiary alicyclic amines) is 1. The van der Waals surface area contributed by atoms with Crippen LogP contribution in [0.4, 0.5) is 5.82 Å². The van der Waals surface area contributed by atoms with Crippen molar-refractivity contribution in [1.82, 2.24) is 25.1 Å². The number of carbonyl (C=O) groups is 1. The summed E-state index contributed by atoms with van der Waals surface area (Å²) in [6.07, 6.45) is 3.15. The van der Waals surface area contributed by atoms with Crippen LogP contribution in [0, 0.1) is 0 Å². The average molecular weight is 341 g/mol. The van der Waals surface area contributed by atoms with Gasteiger partial charge in [0.2, 0.25) is 11.2 Å². The van der Waals surface area contributed by atoms with Crippen molar-refractivity contribution in [3.05, 3.63) is 23.1 Å². The highest BCUT2D eigenvalue weighted by atomic mass is 35.5. The summed E-state index contributed by atoms with van der Waals surface area (Å²) in [5, 5.41) is 11.0. The van der Waals surface area contributed by atoms with Crippen LogP contribution >= 0.6 is 23.2 Å². The largest absolute Gasteiger partial charge is 0.365 e. The van der Waals surface area contributed by atoms with Crippen LogP contribution in [0.15, 0.2) is 12.7 Å². The van der Waals surface area contributed by atoms with Gasteiger partial charge in [-0.05, 0) is 30.5 Å². The number of halogens is 2. The fourth-order valence-electron chi connectivity index (χ4n) is 2.59. The monoisotopic (exact) mass is 340 g/mol. The smallest absolute Gasteiger partial charge is 0.246 e. The van der Waals surface area contributed by atoms with Crippen LogP contribution in [0.25, 0.3) is 11.0 Å². The summed E-state index contributed by atoms with van der Waals surface area (Å²) in [7, 11) is 0. The van der Waals surface area contributed by atoms with Crippen molar-refractivity contribution in [2.24, 2.45) is 0 Å². The van der Waals surface area contributed by atoms with Gasteiger partial charge in [0.25, 0.3) is 0 Å². The van der Waals surface area contributed by atoms with Crippen LogP contribution in [0.1, 0.15) is 12.8 Å². The Bertz CT molecular complexity index is 731. The number of carbonyl (C=O) groups excluding carboxylic acids is 1. The second-order valence-corrected chi connectivity index (χ2v) is 5.77. The molecule has 1 fully saturated rings. The van der Waals surface area contributed by atoms with Crippen LogP contribution in [0.3, 0.4) is 0 Å². The zero-order valence-corrected chi connectivity index (χ0v) is 13.2. The Kier molecular flexibility index (Phi) is 4.17. The molecule has 2 N–H and O–H groups in total. The molecule has 0 aliphatic carbocycles. The topological polar surface area (TPSA) is 86.8 Å². The number of aromatic amines is 1. The number of piperidine rings is 1. The summed E-state index contributed by atoms with van der Waals surface area (Å²) in [4.78, 5) is 21.7. The van der Waals surface area contributed by atoms with Gasteiger partial charge in [-0.25, -0.2) is 0 Å². The molecule has 1 atom stereocenters. The maximum atomic E-state index is 11.7. The van der Waals surface area contributed by atoms with Crippen LogP contribution in [0.5, 0.6) is 0 Å². The van der Waals surface area contributed by atoms with Crippen LogP contribution in [0.2, 0.25) is 10.4 Å². The second-order valence-electron chi connectivity index (χ2n) is 5.05. The van der Waals surface area contributed by atoms with E-state index in [2.05, 4.69) is 32.1 Å². The van der Waals surface area contributed by atoms with Gasteiger partial charge in [0.1, 0.15) is 16.4 Å². The SMILES string of the molecule is C=CC(=O)N1CCCC(Nc2nc(Cl)nc3n[nH]c(Cl)c23)C1. The predicted molar refractivity (Wildman–Crippen MR) is 85.1 cm³/mol. The molecule has 2 aromatic heterocycles. The minimum atomic E-state index is -0.0706. The van der Waals surface area contributed by atoms with Crippen molar-refractivity contribution in [3.8, 4) is 0 Å². The number of amides is 1. The molecule has 7 nitrogen and oxygen atoms in total. The van der Waals surface area contributed by atoms with E-state index in [1.54, 1.807) is 4.90 Å². The summed E-state index contributed by atoms with van der Waals surface area (Å²) in [5.41, 5.74) is 0.405. The summed E-state index contributed by atoms with van der Waals surface area (Å²) >= 11 is 12.0. The molecular formula is C13H14Cl2N6O. The lowest BCUT2D eigenvalue weighted by atomic mass is 10.1. The molecule has 9 heteroatoms. The second kappa shape index (κ2) is 6.10. The first-order valence-corrected chi connectivity index (χ1v) is 7.59. The van der Waals surface area contributed by atoms with Crippen LogP contribution in [-0.2, 0) is 4.79 Å². The van der Waals surface area contributed by atoms with Gasteiger partial charge in [-0.15, -0.1) is 0 Å². The Balaban J connectivity index is 1.85. The molecule has 0 spiro atoms. The Hall–Kier alpha value is -1.86. The number of hydrogen-bond donors (Lipinski definition) is 2. The summed E-state index contributed by atoms with van der Waals surface area (Å²) in [6, 6.07) is 0.0535. The average Bonchev–Trinajstić information content (AvgIpc) is 2.88. The number of rotatable bonds is 3. The molecule has 1 aliphatic heterocycles. The van der Waals surface area contributed by atoms with E-state index in [1.807, 2.05) is 0 Å². The minimum Gasteiger partial charge on any atom is -0.365 e.